The van der Waals surface area contributed by atoms with Crippen LogP contribution in [0.15, 0.2) is 30.9 Å². The molecule has 274 valence electrons. The van der Waals surface area contributed by atoms with E-state index in [1.807, 2.05) is 4.90 Å². The fourth-order valence-electron chi connectivity index (χ4n) is 10.6. The third-order valence-electron chi connectivity index (χ3n) is 13.1. The maximum atomic E-state index is 13.0. The standard InChI is InChI=1S/C40H61N7O3/c1-5-36(48)46-24-23-45(26-31(46)19-21-41)38-33-18-20-40(28-44(4)37-29(2)13-11-17-35(37)50-40)25-34(33)42-39(49-27-32-16-12-22-43(32)3)47(38)30-14-9-7-6-8-10-15-30/h5,11,13,17,30-34,38-39,42H,1,6-10,12,14-16,18-20,22-28H2,2-4H3/t31?,32?,33?,34?,38?,39?,40-/m1/s1. The van der Waals surface area contributed by atoms with Crippen LogP contribution >= 0.6 is 0 Å². The normalized spacial score (nSPS) is 34.7. The van der Waals surface area contributed by atoms with Gasteiger partial charge in [-0.15, -0.1) is 0 Å². The maximum absolute atomic E-state index is 13.0. The van der Waals surface area contributed by atoms with Crippen LogP contribution in [-0.4, -0.2) is 121 Å². The van der Waals surface area contributed by atoms with Gasteiger partial charge >= 0.3 is 0 Å². The first-order valence-electron chi connectivity index (χ1n) is 19.7. The second kappa shape index (κ2) is 15.5. The molecule has 4 heterocycles. The lowest BCUT2D eigenvalue weighted by Crippen LogP contribution is -2.76. The highest BCUT2D eigenvalue weighted by atomic mass is 16.5. The molecule has 0 bridgehead atoms. The summed E-state index contributed by atoms with van der Waals surface area (Å²) >= 11 is 0. The lowest BCUT2D eigenvalue weighted by atomic mass is 9.71. The number of benzene rings is 1. The number of anilines is 1. The van der Waals surface area contributed by atoms with E-state index in [1.165, 1.54) is 75.1 Å². The molecule has 1 amide bonds. The van der Waals surface area contributed by atoms with Gasteiger partial charge in [0.05, 0.1) is 43.5 Å². The third-order valence-corrected chi connectivity index (χ3v) is 13.1. The fourth-order valence-corrected chi connectivity index (χ4v) is 10.6. The van der Waals surface area contributed by atoms with Crippen LogP contribution in [0.2, 0.25) is 0 Å². The first-order valence-corrected chi connectivity index (χ1v) is 19.7. The Hall–Kier alpha value is -2.68. The smallest absolute Gasteiger partial charge is 0.246 e. The van der Waals surface area contributed by atoms with Gasteiger partial charge in [0.1, 0.15) is 11.4 Å². The zero-order chi connectivity index (χ0) is 34.8. The highest BCUT2D eigenvalue weighted by Crippen LogP contribution is 2.48. The number of nitriles is 1. The van der Waals surface area contributed by atoms with Gasteiger partial charge in [0.15, 0.2) is 6.35 Å². The number of nitrogens with one attached hydrogen (secondary N) is 1. The van der Waals surface area contributed by atoms with Crippen LogP contribution in [0, 0.1) is 24.2 Å². The molecule has 50 heavy (non-hydrogen) atoms. The summed E-state index contributed by atoms with van der Waals surface area (Å²) in [5.41, 5.74) is 2.19. The molecule has 4 aliphatic heterocycles. The molecule has 6 unspecified atom stereocenters. The molecule has 2 aliphatic carbocycles. The number of likely N-dealkylation sites (N-methyl/N-ethyl adjacent to an activating group) is 2. The van der Waals surface area contributed by atoms with Crippen LogP contribution in [0.5, 0.6) is 5.75 Å². The molecule has 1 spiro atoms. The van der Waals surface area contributed by atoms with Crippen molar-refractivity contribution in [1.82, 2.24) is 24.9 Å². The van der Waals surface area contributed by atoms with Crippen molar-refractivity contribution < 1.29 is 14.3 Å². The van der Waals surface area contributed by atoms with Gasteiger partial charge in [0, 0.05) is 57.1 Å². The number of likely N-dealkylation sites (tertiary alicyclic amines) is 1. The quantitative estimate of drug-likeness (QED) is 0.395. The van der Waals surface area contributed by atoms with Gasteiger partial charge < -0.3 is 24.2 Å². The summed E-state index contributed by atoms with van der Waals surface area (Å²) in [5, 5.41) is 14.1. The molecule has 7 atom stereocenters. The molecule has 10 heteroatoms. The number of hydrogen-bond acceptors (Lipinski definition) is 9. The summed E-state index contributed by atoms with van der Waals surface area (Å²) in [5.74, 6) is 1.30. The molecule has 3 saturated heterocycles. The van der Waals surface area contributed by atoms with E-state index in [4.69, 9.17) is 9.47 Å². The van der Waals surface area contributed by atoms with E-state index in [0.717, 1.165) is 51.3 Å². The number of ether oxygens (including phenoxy) is 2. The highest BCUT2D eigenvalue weighted by Gasteiger charge is 2.55. The number of piperazine rings is 1. The number of rotatable bonds is 7. The van der Waals surface area contributed by atoms with Gasteiger partial charge in [-0.25, -0.2) is 4.90 Å². The molecule has 1 aromatic rings. The monoisotopic (exact) mass is 687 g/mol. The minimum Gasteiger partial charge on any atom is -0.483 e. The van der Waals surface area contributed by atoms with Crippen molar-refractivity contribution in [3.05, 3.63) is 36.4 Å². The Morgan fingerprint density at radius 1 is 1.08 bits per heavy atom. The molecule has 5 fully saturated rings. The van der Waals surface area contributed by atoms with Gasteiger partial charge in [0.2, 0.25) is 5.91 Å². The Morgan fingerprint density at radius 3 is 2.62 bits per heavy atom. The SMILES string of the molecule is C=CC(=O)N1CCN(C2C3CC[C@@]4(CC3NC(OCC3CCCN3C)N2C2CCCCCCC2)CN(C)c2c(C)cccc2O4)CC1CC#N. The zero-order valence-electron chi connectivity index (χ0n) is 30.9. The van der Waals surface area contributed by atoms with Crippen molar-refractivity contribution in [2.24, 2.45) is 5.92 Å². The van der Waals surface area contributed by atoms with E-state index in [0.29, 0.717) is 37.5 Å². The Balaban J connectivity index is 1.23. The molecule has 0 aromatic heterocycles. The lowest BCUT2D eigenvalue weighted by Gasteiger charge is -2.61. The van der Waals surface area contributed by atoms with Gasteiger partial charge in [-0.2, -0.15) is 5.26 Å². The second-order valence-corrected chi connectivity index (χ2v) is 16.3. The largest absolute Gasteiger partial charge is 0.483 e. The average Bonchev–Trinajstić information content (AvgIpc) is 3.50. The van der Waals surface area contributed by atoms with Crippen molar-refractivity contribution in [3.63, 3.8) is 0 Å². The zero-order valence-corrected chi connectivity index (χ0v) is 30.9. The van der Waals surface area contributed by atoms with Gasteiger partial charge in [-0.3, -0.25) is 15.0 Å². The van der Waals surface area contributed by atoms with Crippen molar-refractivity contribution in [2.75, 3.05) is 58.3 Å². The summed E-state index contributed by atoms with van der Waals surface area (Å²) in [7, 11) is 4.46. The molecule has 0 radical (unpaired) electrons. The topological polar surface area (TPSA) is 87.6 Å². The first kappa shape index (κ1) is 35.7. The van der Waals surface area contributed by atoms with Gasteiger partial charge in [-0.1, -0.05) is 50.8 Å². The van der Waals surface area contributed by atoms with E-state index in [9.17, 15) is 10.1 Å². The summed E-state index contributed by atoms with van der Waals surface area (Å²) in [6.45, 7) is 10.8. The molecule has 1 N–H and O–H groups in total. The predicted molar refractivity (Wildman–Crippen MR) is 197 cm³/mol. The van der Waals surface area contributed by atoms with Crippen molar-refractivity contribution in [1.29, 1.82) is 5.26 Å². The van der Waals surface area contributed by atoms with Crippen molar-refractivity contribution >= 4 is 11.6 Å². The van der Waals surface area contributed by atoms with E-state index >= 15 is 0 Å². The van der Waals surface area contributed by atoms with E-state index in [2.05, 4.69) is 76.8 Å². The van der Waals surface area contributed by atoms with Crippen LogP contribution in [0.3, 0.4) is 0 Å². The highest BCUT2D eigenvalue weighted by molar-refractivity contribution is 5.87. The van der Waals surface area contributed by atoms with E-state index < -0.39 is 0 Å². The number of carbonyl (C=O) groups excluding carboxylic acids is 1. The average molecular weight is 688 g/mol. The first-order chi connectivity index (χ1) is 24.3. The minimum absolute atomic E-state index is 0.0689. The Morgan fingerprint density at radius 2 is 1.88 bits per heavy atom. The molecular weight excluding hydrogens is 626 g/mol. The predicted octanol–water partition coefficient (Wildman–Crippen LogP) is 5.08. The summed E-state index contributed by atoms with van der Waals surface area (Å²) in [4.78, 5) is 25.1. The summed E-state index contributed by atoms with van der Waals surface area (Å²) < 4.78 is 14.2. The number of amides is 1. The maximum Gasteiger partial charge on any atom is 0.246 e. The number of fused-ring (bicyclic) bond motifs is 2. The molecule has 1 aromatic carbocycles. The summed E-state index contributed by atoms with van der Waals surface area (Å²) in [6, 6.07) is 9.77. The molecule has 7 rings (SSSR count). The van der Waals surface area contributed by atoms with Gasteiger partial charge in [-0.05, 0) is 76.7 Å². The van der Waals surface area contributed by atoms with Crippen LogP contribution < -0.4 is 15.0 Å². The minimum atomic E-state index is -0.273. The van der Waals surface area contributed by atoms with Crippen molar-refractivity contribution in [2.45, 2.75) is 133 Å². The van der Waals surface area contributed by atoms with Crippen LogP contribution in [0.1, 0.15) is 89.0 Å². The van der Waals surface area contributed by atoms with Gasteiger partial charge in [0.25, 0.3) is 0 Å². The van der Waals surface area contributed by atoms with E-state index in [-0.39, 0.29) is 36.1 Å². The number of carbonyl (C=O) groups is 1. The van der Waals surface area contributed by atoms with Crippen molar-refractivity contribution in [3.8, 4) is 11.8 Å². The van der Waals surface area contributed by atoms with Crippen LogP contribution in [-0.2, 0) is 9.53 Å². The number of para-hydroxylation sites is 1. The molecule has 2 saturated carbocycles. The number of nitrogens with zero attached hydrogens (tertiary/aromatic N) is 6. The Kier molecular flexibility index (Phi) is 11.1. The lowest BCUT2D eigenvalue weighted by molar-refractivity contribution is -0.221. The van der Waals surface area contributed by atoms with Crippen LogP contribution in [0.25, 0.3) is 0 Å². The van der Waals surface area contributed by atoms with Crippen LogP contribution in [0.4, 0.5) is 5.69 Å². The molecule has 6 aliphatic rings. The van der Waals surface area contributed by atoms with E-state index in [1.54, 1.807) is 0 Å². The number of aryl methyl sites for hydroxylation is 1. The third kappa shape index (κ3) is 7.18. The fraction of sp³-hybridized carbons (Fsp3) is 0.750. The number of hydrogen-bond donors (Lipinski definition) is 1. The molecular formula is C40H61N7O3. The summed E-state index contributed by atoms with van der Waals surface area (Å²) in [6.07, 6.45) is 15.9. The Labute approximate surface area is 300 Å². The second-order valence-electron chi connectivity index (χ2n) is 16.3. The molecule has 10 nitrogen and oxygen atoms in total. The Bertz CT molecular complexity index is 1390.